The standard InChI is InChI=1S/C18H23NO3/c20-18(21)14-6-8-15(9-7-14)19-12-10-17(11-13-19)22-16-4-2-1-3-5-16/h2,4,6-9,16-17H,1,3,5,10-13H2,(H,20,21). The Morgan fingerprint density at radius 2 is 1.86 bits per heavy atom. The molecule has 1 fully saturated rings. The molecule has 1 atom stereocenters. The Morgan fingerprint density at radius 3 is 2.45 bits per heavy atom. The minimum atomic E-state index is -0.876. The van der Waals surface area contributed by atoms with E-state index in [1.807, 2.05) is 12.1 Å². The summed E-state index contributed by atoms with van der Waals surface area (Å²) in [6.07, 6.45) is 10.7. The van der Waals surface area contributed by atoms with Crippen LogP contribution in [0.5, 0.6) is 0 Å². The van der Waals surface area contributed by atoms with Crippen LogP contribution >= 0.6 is 0 Å². The molecule has 0 spiro atoms. The summed E-state index contributed by atoms with van der Waals surface area (Å²) in [6, 6.07) is 7.14. The van der Waals surface area contributed by atoms with Crippen molar-refractivity contribution in [3.05, 3.63) is 42.0 Å². The van der Waals surface area contributed by atoms with Gasteiger partial charge in [-0.25, -0.2) is 4.79 Å². The summed E-state index contributed by atoms with van der Waals surface area (Å²) in [5, 5.41) is 8.94. The smallest absolute Gasteiger partial charge is 0.335 e. The van der Waals surface area contributed by atoms with Crippen LogP contribution in [0, 0.1) is 0 Å². The first-order valence-electron chi connectivity index (χ1n) is 8.13. The van der Waals surface area contributed by atoms with Crippen molar-refractivity contribution in [1.82, 2.24) is 0 Å². The van der Waals surface area contributed by atoms with Gasteiger partial charge in [0, 0.05) is 18.8 Å². The van der Waals surface area contributed by atoms with E-state index < -0.39 is 5.97 Å². The van der Waals surface area contributed by atoms with Gasteiger partial charge in [0.05, 0.1) is 17.8 Å². The molecule has 4 nitrogen and oxygen atoms in total. The Kier molecular flexibility index (Phi) is 4.78. The van der Waals surface area contributed by atoms with Crippen LogP contribution in [-0.4, -0.2) is 36.4 Å². The number of hydrogen-bond acceptors (Lipinski definition) is 3. The van der Waals surface area contributed by atoms with E-state index in [-0.39, 0.29) is 0 Å². The van der Waals surface area contributed by atoms with Gasteiger partial charge < -0.3 is 14.7 Å². The molecule has 1 aliphatic heterocycles. The second-order valence-corrected chi connectivity index (χ2v) is 6.07. The largest absolute Gasteiger partial charge is 0.478 e. The molecule has 0 radical (unpaired) electrons. The first kappa shape index (κ1) is 15.1. The van der Waals surface area contributed by atoms with Crippen LogP contribution in [-0.2, 0) is 4.74 Å². The maximum atomic E-state index is 10.9. The predicted octanol–water partition coefficient (Wildman–Crippen LogP) is 3.48. The number of carbonyl (C=O) groups is 1. The van der Waals surface area contributed by atoms with E-state index in [1.165, 1.54) is 12.8 Å². The Morgan fingerprint density at radius 1 is 1.14 bits per heavy atom. The van der Waals surface area contributed by atoms with Gasteiger partial charge >= 0.3 is 5.97 Å². The molecule has 1 heterocycles. The van der Waals surface area contributed by atoms with Crippen LogP contribution in [0.1, 0.15) is 42.5 Å². The second kappa shape index (κ2) is 6.97. The summed E-state index contributed by atoms with van der Waals surface area (Å²) >= 11 is 0. The van der Waals surface area contributed by atoms with E-state index in [0.717, 1.165) is 38.0 Å². The number of benzene rings is 1. The first-order valence-corrected chi connectivity index (χ1v) is 8.13. The molecule has 1 saturated heterocycles. The molecule has 1 unspecified atom stereocenters. The lowest BCUT2D eigenvalue weighted by Crippen LogP contribution is -2.38. The van der Waals surface area contributed by atoms with E-state index in [4.69, 9.17) is 9.84 Å². The fraction of sp³-hybridized carbons (Fsp3) is 0.500. The highest BCUT2D eigenvalue weighted by atomic mass is 16.5. The van der Waals surface area contributed by atoms with Crippen LogP contribution in [0.4, 0.5) is 5.69 Å². The van der Waals surface area contributed by atoms with Crippen molar-refractivity contribution in [2.24, 2.45) is 0 Å². The molecule has 0 aromatic heterocycles. The Labute approximate surface area is 131 Å². The van der Waals surface area contributed by atoms with Gasteiger partial charge in [-0.05, 0) is 56.4 Å². The van der Waals surface area contributed by atoms with Gasteiger partial charge in [-0.2, -0.15) is 0 Å². The van der Waals surface area contributed by atoms with Gasteiger partial charge in [-0.1, -0.05) is 12.2 Å². The molecule has 0 saturated carbocycles. The normalized spacial score (nSPS) is 22.7. The number of carboxylic acids is 1. The van der Waals surface area contributed by atoms with Crippen LogP contribution in [0.2, 0.25) is 0 Å². The molecule has 118 valence electrons. The first-order chi connectivity index (χ1) is 10.7. The zero-order chi connectivity index (χ0) is 15.4. The summed E-state index contributed by atoms with van der Waals surface area (Å²) in [6.45, 7) is 1.93. The Bertz CT molecular complexity index is 530. The van der Waals surface area contributed by atoms with E-state index >= 15 is 0 Å². The SMILES string of the molecule is O=C(O)c1ccc(N2CCC(OC3C=CCCC3)CC2)cc1. The second-order valence-electron chi connectivity index (χ2n) is 6.07. The van der Waals surface area contributed by atoms with Crippen LogP contribution in [0.15, 0.2) is 36.4 Å². The summed E-state index contributed by atoms with van der Waals surface area (Å²) in [4.78, 5) is 13.2. The van der Waals surface area contributed by atoms with Crippen molar-refractivity contribution < 1.29 is 14.6 Å². The van der Waals surface area contributed by atoms with Gasteiger partial charge in [0.15, 0.2) is 0 Å². The number of nitrogens with zero attached hydrogens (tertiary/aromatic N) is 1. The summed E-state index contributed by atoms with van der Waals surface area (Å²) in [7, 11) is 0. The molecule has 1 aromatic carbocycles. The van der Waals surface area contributed by atoms with Crippen molar-refractivity contribution in [2.45, 2.75) is 44.3 Å². The third-order valence-electron chi connectivity index (χ3n) is 4.50. The lowest BCUT2D eigenvalue weighted by molar-refractivity contribution is -0.00597. The van der Waals surface area contributed by atoms with Gasteiger partial charge in [0.25, 0.3) is 0 Å². The lowest BCUT2D eigenvalue weighted by Gasteiger charge is -2.35. The van der Waals surface area contributed by atoms with Crippen molar-refractivity contribution in [3.63, 3.8) is 0 Å². The molecule has 1 aliphatic carbocycles. The zero-order valence-corrected chi connectivity index (χ0v) is 12.8. The van der Waals surface area contributed by atoms with Crippen LogP contribution < -0.4 is 4.90 Å². The number of rotatable bonds is 4. The summed E-state index contributed by atoms with van der Waals surface area (Å²) < 4.78 is 6.18. The number of piperidine rings is 1. The average molecular weight is 301 g/mol. The van der Waals surface area contributed by atoms with Gasteiger partial charge in [-0.15, -0.1) is 0 Å². The number of carboxylic acid groups (broad SMARTS) is 1. The highest BCUT2D eigenvalue weighted by Crippen LogP contribution is 2.24. The topological polar surface area (TPSA) is 49.8 Å². The van der Waals surface area contributed by atoms with Crippen LogP contribution in [0.25, 0.3) is 0 Å². The minimum absolute atomic E-state index is 0.306. The molecule has 1 aromatic rings. The fourth-order valence-electron chi connectivity index (χ4n) is 3.21. The van der Waals surface area contributed by atoms with Crippen molar-refractivity contribution in [2.75, 3.05) is 18.0 Å². The van der Waals surface area contributed by atoms with E-state index in [1.54, 1.807) is 12.1 Å². The molecule has 4 heteroatoms. The third-order valence-corrected chi connectivity index (χ3v) is 4.50. The van der Waals surface area contributed by atoms with Gasteiger partial charge in [0.1, 0.15) is 0 Å². The van der Waals surface area contributed by atoms with E-state index in [2.05, 4.69) is 17.1 Å². The Balaban J connectivity index is 1.51. The lowest BCUT2D eigenvalue weighted by atomic mass is 10.0. The van der Waals surface area contributed by atoms with Gasteiger partial charge in [0.2, 0.25) is 0 Å². The minimum Gasteiger partial charge on any atom is -0.478 e. The van der Waals surface area contributed by atoms with Crippen molar-refractivity contribution in [1.29, 1.82) is 0 Å². The summed E-state index contributed by atoms with van der Waals surface area (Å²) in [5.74, 6) is -0.876. The molecular formula is C18H23NO3. The third kappa shape index (κ3) is 3.69. The number of ether oxygens (including phenoxy) is 1. The van der Waals surface area contributed by atoms with E-state index in [9.17, 15) is 4.79 Å². The number of hydrogen-bond donors (Lipinski definition) is 1. The van der Waals surface area contributed by atoms with Crippen LogP contribution in [0.3, 0.4) is 0 Å². The molecule has 2 aliphatic rings. The average Bonchev–Trinajstić information content (AvgIpc) is 2.57. The zero-order valence-electron chi connectivity index (χ0n) is 12.8. The summed E-state index contributed by atoms with van der Waals surface area (Å²) in [5.41, 5.74) is 1.44. The highest BCUT2D eigenvalue weighted by Gasteiger charge is 2.22. The fourth-order valence-corrected chi connectivity index (χ4v) is 3.21. The number of aromatic carboxylic acids is 1. The molecule has 22 heavy (non-hydrogen) atoms. The molecule has 3 rings (SSSR count). The van der Waals surface area contributed by atoms with E-state index in [0.29, 0.717) is 17.8 Å². The molecular weight excluding hydrogens is 278 g/mol. The number of anilines is 1. The molecule has 0 amide bonds. The maximum absolute atomic E-state index is 10.9. The van der Waals surface area contributed by atoms with Crippen molar-refractivity contribution in [3.8, 4) is 0 Å². The molecule has 1 N–H and O–H groups in total. The number of allylic oxidation sites excluding steroid dienone is 1. The van der Waals surface area contributed by atoms with Crippen molar-refractivity contribution >= 4 is 11.7 Å². The Hall–Kier alpha value is -1.81. The molecule has 0 bridgehead atoms. The predicted molar refractivity (Wildman–Crippen MR) is 86.5 cm³/mol. The maximum Gasteiger partial charge on any atom is 0.335 e. The monoisotopic (exact) mass is 301 g/mol. The quantitative estimate of drug-likeness (QED) is 0.865. The van der Waals surface area contributed by atoms with Gasteiger partial charge in [-0.3, -0.25) is 0 Å². The highest BCUT2D eigenvalue weighted by molar-refractivity contribution is 5.88.